The summed E-state index contributed by atoms with van der Waals surface area (Å²) in [5, 5.41) is 8.52. The summed E-state index contributed by atoms with van der Waals surface area (Å²) in [6.45, 7) is 0. The van der Waals surface area contributed by atoms with E-state index < -0.39 is 22.9 Å². The molecular weight excluding hydrogens is 292 g/mol. The van der Waals surface area contributed by atoms with Crippen LogP contribution >= 0.6 is 11.3 Å². The molecule has 0 aromatic carbocycles. The second-order valence-corrected chi connectivity index (χ2v) is 5.55. The van der Waals surface area contributed by atoms with E-state index in [1.54, 1.807) is 0 Å². The molecular formula is C9H7N4O4S2-. The largest absolute Gasteiger partial charge is 0.768 e. The lowest BCUT2D eigenvalue weighted by atomic mass is 10.3. The molecule has 4 N–H and O–H groups in total. The van der Waals surface area contributed by atoms with E-state index in [4.69, 9.17) is 5.73 Å². The van der Waals surface area contributed by atoms with Crippen LogP contribution in [0, 0.1) is 0 Å². The number of amides is 2. The van der Waals surface area contributed by atoms with Crippen LogP contribution in [0.25, 0.3) is 0 Å². The molecule has 0 spiro atoms. The fourth-order valence-corrected chi connectivity index (χ4v) is 2.81. The number of nitrogens with zero attached hydrogens (tertiary/aromatic N) is 1. The van der Waals surface area contributed by atoms with E-state index in [0.29, 0.717) is 0 Å². The molecule has 2 aromatic rings. The molecule has 1 unspecified atom stereocenters. The smallest absolute Gasteiger partial charge is 0.274 e. The van der Waals surface area contributed by atoms with E-state index >= 15 is 0 Å². The topological polar surface area (TPSA) is 141 Å². The molecule has 8 nitrogen and oxygen atoms in total. The van der Waals surface area contributed by atoms with Crippen molar-refractivity contribution in [3.8, 4) is 0 Å². The van der Waals surface area contributed by atoms with Gasteiger partial charge in [-0.1, -0.05) is 0 Å². The first kappa shape index (κ1) is 13.4. The molecule has 10 heteroatoms. The molecule has 0 saturated carbocycles. The summed E-state index contributed by atoms with van der Waals surface area (Å²) < 4.78 is 21.6. The Morgan fingerprint density at radius 1 is 1.53 bits per heavy atom. The summed E-state index contributed by atoms with van der Waals surface area (Å²) in [6.07, 6.45) is 1.39. The predicted molar refractivity (Wildman–Crippen MR) is 66.6 cm³/mol. The number of nitrogens with one attached hydrogen (secondary N) is 2. The summed E-state index contributed by atoms with van der Waals surface area (Å²) in [6, 6.07) is 2.54. The molecule has 19 heavy (non-hydrogen) atoms. The van der Waals surface area contributed by atoms with Crippen molar-refractivity contribution in [3.05, 3.63) is 29.6 Å². The van der Waals surface area contributed by atoms with Gasteiger partial charge in [0.05, 0.1) is 9.77 Å². The van der Waals surface area contributed by atoms with Crippen LogP contribution in [0.2, 0.25) is 0 Å². The summed E-state index contributed by atoms with van der Waals surface area (Å²) in [7, 11) is 0. The van der Waals surface area contributed by atoms with Gasteiger partial charge in [-0.05, 0) is 23.2 Å². The number of carbonyl (C=O) groups is 2. The van der Waals surface area contributed by atoms with Gasteiger partial charge < -0.3 is 15.6 Å². The first-order chi connectivity index (χ1) is 8.99. The van der Waals surface area contributed by atoms with E-state index in [9.17, 15) is 18.4 Å². The lowest BCUT2D eigenvalue weighted by Gasteiger charge is -2.02. The SMILES string of the molecule is NC(=O)c1cc(S(=O)[O-])sc1NC(=O)c1ccn[nH]1. The highest BCUT2D eigenvalue weighted by atomic mass is 32.2. The Morgan fingerprint density at radius 2 is 2.26 bits per heavy atom. The minimum absolute atomic E-state index is 0.0583. The number of hydrogen-bond donors (Lipinski definition) is 3. The maximum absolute atomic E-state index is 11.7. The Bertz CT molecular complexity index is 649. The van der Waals surface area contributed by atoms with Crippen LogP contribution < -0.4 is 11.1 Å². The van der Waals surface area contributed by atoms with E-state index in [2.05, 4.69) is 15.5 Å². The minimum Gasteiger partial charge on any atom is -0.768 e. The first-order valence-corrected chi connectivity index (χ1v) is 6.72. The van der Waals surface area contributed by atoms with Crippen LogP contribution in [0.15, 0.2) is 22.5 Å². The number of aromatic nitrogens is 2. The van der Waals surface area contributed by atoms with E-state index in [1.807, 2.05) is 0 Å². The molecule has 0 fully saturated rings. The van der Waals surface area contributed by atoms with Crippen molar-refractivity contribution in [2.24, 2.45) is 5.73 Å². The van der Waals surface area contributed by atoms with Crippen molar-refractivity contribution in [2.45, 2.75) is 4.21 Å². The highest BCUT2D eigenvalue weighted by molar-refractivity contribution is 7.81. The zero-order valence-corrected chi connectivity index (χ0v) is 10.8. The number of aromatic amines is 1. The maximum Gasteiger partial charge on any atom is 0.274 e. The quantitative estimate of drug-likeness (QED) is 0.684. The third kappa shape index (κ3) is 2.86. The van der Waals surface area contributed by atoms with Gasteiger partial charge in [-0.2, -0.15) is 5.10 Å². The van der Waals surface area contributed by atoms with Crippen LogP contribution in [0.3, 0.4) is 0 Å². The molecule has 2 aromatic heterocycles. The van der Waals surface area contributed by atoms with Gasteiger partial charge in [0, 0.05) is 6.20 Å². The van der Waals surface area contributed by atoms with Gasteiger partial charge in [0.15, 0.2) is 0 Å². The average Bonchev–Trinajstić information content (AvgIpc) is 2.97. The van der Waals surface area contributed by atoms with Crippen LogP contribution in [-0.2, 0) is 11.1 Å². The molecule has 0 aliphatic carbocycles. The number of hydrogen-bond acceptors (Lipinski definition) is 6. The van der Waals surface area contributed by atoms with Crippen molar-refractivity contribution >= 4 is 39.2 Å². The van der Waals surface area contributed by atoms with Gasteiger partial charge in [-0.3, -0.25) is 18.9 Å². The molecule has 100 valence electrons. The number of thiophene rings is 1. The van der Waals surface area contributed by atoms with Crippen LogP contribution in [0.5, 0.6) is 0 Å². The molecule has 2 amide bonds. The standard InChI is InChI=1S/C9H8N4O4S2/c10-7(14)4-3-6(19(16)17)18-9(4)12-8(15)5-1-2-11-13-5/h1-3H,(H2,10,14)(H,11,13)(H,12,15)(H,16,17)/p-1. The minimum atomic E-state index is -2.50. The second-order valence-electron chi connectivity index (χ2n) is 3.33. The molecule has 0 aliphatic heterocycles. The molecule has 2 rings (SSSR count). The van der Waals surface area contributed by atoms with Gasteiger partial charge >= 0.3 is 0 Å². The van der Waals surface area contributed by atoms with Crippen molar-refractivity contribution in [2.75, 3.05) is 5.32 Å². The molecule has 0 bridgehead atoms. The van der Waals surface area contributed by atoms with Crippen LogP contribution in [0.1, 0.15) is 20.8 Å². The highest BCUT2D eigenvalue weighted by Gasteiger charge is 2.17. The lowest BCUT2D eigenvalue weighted by molar-refractivity contribution is 0.100. The van der Waals surface area contributed by atoms with Gasteiger partial charge in [0.25, 0.3) is 11.8 Å². The van der Waals surface area contributed by atoms with Crippen molar-refractivity contribution in [1.29, 1.82) is 0 Å². The average molecular weight is 299 g/mol. The fourth-order valence-electron chi connectivity index (χ4n) is 1.28. The Labute approximate surface area is 113 Å². The van der Waals surface area contributed by atoms with Crippen molar-refractivity contribution in [1.82, 2.24) is 10.2 Å². The number of carbonyl (C=O) groups excluding carboxylic acids is 2. The first-order valence-electron chi connectivity index (χ1n) is 4.82. The summed E-state index contributed by atoms with van der Waals surface area (Å²) in [5.41, 5.74) is 5.23. The third-order valence-corrected chi connectivity index (χ3v) is 4.06. The van der Waals surface area contributed by atoms with E-state index in [-0.39, 0.29) is 20.5 Å². The monoisotopic (exact) mass is 299 g/mol. The fraction of sp³-hybridized carbons (Fsp3) is 0. The number of primary amides is 1. The Balaban J connectivity index is 2.31. The summed E-state index contributed by atoms with van der Waals surface area (Å²) in [4.78, 5) is 22.9. The maximum atomic E-state index is 11.7. The molecule has 0 saturated heterocycles. The molecule has 0 radical (unpaired) electrons. The van der Waals surface area contributed by atoms with Gasteiger partial charge in [-0.15, -0.1) is 11.3 Å². The van der Waals surface area contributed by atoms with Crippen LogP contribution in [-0.4, -0.2) is 30.8 Å². The Hall–Kier alpha value is -2.04. The van der Waals surface area contributed by atoms with E-state index in [1.165, 1.54) is 12.3 Å². The number of rotatable bonds is 4. The Kier molecular flexibility index (Phi) is 3.74. The lowest BCUT2D eigenvalue weighted by Crippen LogP contribution is -2.16. The predicted octanol–water partition coefficient (Wildman–Crippen LogP) is 0.0604. The summed E-state index contributed by atoms with van der Waals surface area (Å²) >= 11 is -1.76. The Morgan fingerprint density at radius 3 is 2.79 bits per heavy atom. The third-order valence-electron chi connectivity index (χ3n) is 2.11. The number of nitrogens with two attached hydrogens (primary N) is 1. The zero-order valence-electron chi connectivity index (χ0n) is 9.21. The van der Waals surface area contributed by atoms with Crippen molar-refractivity contribution < 1.29 is 18.4 Å². The molecule has 0 aliphatic rings. The van der Waals surface area contributed by atoms with E-state index in [0.717, 1.165) is 17.4 Å². The normalized spacial score (nSPS) is 12.1. The zero-order chi connectivity index (χ0) is 14.0. The van der Waals surface area contributed by atoms with Crippen molar-refractivity contribution in [3.63, 3.8) is 0 Å². The second kappa shape index (κ2) is 5.30. The van der Waals surface area contributed by atoms with Crippen LogP contribution in [0.4, 0.5) is 5.00 Å². The van der Waals surface area contributed by atoms with Gasteiger partial charge in [0.2, 0.25) is 0 Å². The summed E-state index contributed by atoms with van der Waals surface area (Å²) in [5.74, 6) is -1.38. The molecule has 2 heterocycles. The number of H-pyrrole nitrogens is 1. The molecule has 1 atom stereocenters. The number of anilines is 1. The van der Waals surface area contributed by atoms with Gasteiger partial charge in [-0.25, -0.2) is 0 Å². The highest BCUT2D eigenvalue weighted by Crippen LogP contribution is 2.30. The van der Waals surface area contributed by atoms with Gasteiger partial charge in [0.1, 0.15) is 10.7 Å².